The zero-order chi connectivity index (χ0) is 18.6. The topological polar surface area (TPSA) is 66.5 Å². The van der Waals surface area contributed by atoms with Crippen LogP contribution in [0.2, 0.25) is 5.02 Å². The van der Waals surface area contributed by atoms with Gasteiger partial charge in [0.1, 0.15) is 0 Å². The maximum atomic E-state index is 12.5. The van der Waals surface area contributed by atoms with E-state index < -0.39 is 10.0 Å². The number of carbonyl (C=O) groups is 1. The van der Waals surface area contributed by atoms with Crippen LogP contribution >= 0.6 is 27.5 Å². The molecule has 0 radical (unpaired) electrons. The molecule has 1 atom stereocenters. The zero-order valence-electron chi connectivity index (χ0n) is 13.7. The van der Waals surface area contributed by atoms with E-state index in [1.54, 1.807) is 24.3 Å². The lowest BCUT2D eigenvalue weighted by molar-refractivity contribution is -0.121. The molecule has 0 aliphatic heterocycles. The van der Waals surface area contributed by atoms with Crippen molar-refractivity contribution in [3.8, 4) is 0 Å². The molecule has 0 aromatic heterocycles. The van der Waals surface area contributed by atoms with Crippen LogP contribution in [-0.4, -0.2) is 32.2 Å². The van der Waals surface area contributed by atoms with E-state index in [0.717, 1.165) is 14.3 Å². The predicted molar refractivity (Wildman–Crippen MR) is 102 cm³/mol. The minimum atomic E-state index is -3.72. The highest BCUT2D eigenvalue weighted by Crippen LogP contribution is 2.18. The van der Waals surface area contributed by atoms with Crippen LogP contribution in [0.5, 0.6) is 0 Å². The molecule has 0 saturated heterocycles. The number of hydrogen-bond donors (Lipinski definition) is 1. The summed E-state index contributed by atoms with van der Waals surface area (Å²) in [7, 11) is -2.34. The number of hydrogen-bond acceptors (Lipinski definition) is 3. The van der Waals surface area contributed by atoms with E-state index in [-0.39, 0.29) is 23.4 Å². The van der Waals surface area contributed by atoms with Gasteiger partial charge < -0.3 is 5.32 Å². The summed E-state index contributed by atoms with van der Waals surface area (Å²) in [5.41, 5.74) is 0.885. The Balaban J connectivity index is 2.01. The number of sulfonamides is 1. The average molecular weight is 446 g/mol. The highest BCUT2D eigenvalue weighted by atomic mass is 79.9. The van der Waals surface area contributed by atoms with Crippen LogP contribution in [-0.2, 0) is 14.8 Å². The molecular weight excluding hydrogens is 428 g/mol. The molecular formula is C17H18BrClN2O3S. The molecule has 0 aliphatic carbocycles. The van der Waals surface area contributed by atoms with Crippen LogP contribution in [0.25, 0.3) is 0 Å². The van der Waals surface area contributed by atoms with Crippen molar-refractivity contribution in [2.45, 2.75) is 17.9 Å². The van der Waals surface area contributed by atoms with Gasteiger partial charge in [-0.05, 0) is 48.9 Å². The maximum absolute atomic E-state index is 12.5. The minimum Gasteiger partial charge on any atom is -0.348 e. The molecule has 0 saturated carbocycles. The second kappa shape index (κ2) is 8.31. The van der Waals surface area contributed by atoms with Gasteiger partial charge in [-0.15, -0.1) is 0 Å². The Labute approximate surface area is 161 Å². The number of carbonyl (C=O) groups excluding carboxylic acids is 1. The summed E-state index contributed by atoms with van der Waals surface area (Å²) in [5, 5.41) is 3.40. The molecule has 5 nitrogen and oxygen atoms in total. The number of benzene rings is 2. The van der Waals surface area contributed by atoms with Gasteiger partial charge in [0, 0.05) is 16.5 Å². The van der Waals surface area contributed by atoms with E-state index in [9.17, 15) is 13.2 Å². The van der Waals surface area contributed by atoms with Gasteiger partial charge in [-0.2, -0.15) is 4.31 Å². The fourth-order valence-electron chi connectivity index (χ4n) is 2.20. The fourth-order valence-corrected chi connectivity index (χ4v) is 3.71. The minimum absolute atomic E-state index is 0.136. The molecule has 0 heterocycles. The highest BCUT2D eigenvalue weighted by Gasteiger charge is 2.23. The van der Waals surface area contributed by atoms with Crippen molar-refractivity contribution in [3.63, 3.8) is 0 Å². The van der Waals surface area contributed by atoms with Crippen LogP contribution in [0.1, 0.15) is 18.5 Å². The summed E-state index contributed by atoms with van der Waals surface area (Å²) in [6.07, 6.45) is 0. The van der Waals surface area contributed by atoms with E-state index in [2.05, 4.69) is 21.2 Å². The first-order valence-electron chi connectivity index (χ1n) is 7.47. The van der Waals surface area contributed by atoms with Crippen molar-refractivity contribution in [2.75, 3.05) is 13.6 Å². The molecule has 1 N–H and O–H groups in total. The summed E-state index contributed by atoms with van der Waals surface area (Å²) in [5.74, 6) is -0.384. The van der Waals surface area contributed by atoms with Crippen LogP contribution in [0.3, 0.4) is 0 Å². The Bertz CT molecular complexity index is 839. The van der Waals surface area contributed by atoms with Crippen molar-refractivity contribution >= 4 is 43.5 Å². The smallest absolute Gasteiger partial charge is 0.243 e. The third kappa shape index (κ3) is 5.28. The number of halogens is 2. The number of amides is 1. The van der Waals surface area contributed by atoms with Crippen molar-refractivity contribution in [3.05, 3.63) is 63.6 Å². The SMILES string of the molecule is C[C@@H](NC(=O)CN(C)S(=O)(=O)c1ccc(Br)cc1)c1ccc(Cl)cc1. The van der Waals surface area contributed by atoms with Crippen LogP contribution in [0, 0.1) is 0 Å². The quantitative estimate of drug-likeness (QED) is 0.739. The first kappa shape index (κ1) is 19.9. The number of rotatable bonds is 6. The average Bonchev–Trinajstić information content (AvgIpc) is 2.55. The molecule has 0 unspecified atom stereocenters. The van der Waals surface area contributed by atoms with E-state index in [1.165, 1.54) is 19.2 Å². The van der Waals surface area contributed by atoms with Crippen molar-refractivity contribution in [1.82, 2.24) is 9.62 Å². The standard InChI is InChI=1S/C17H18BrClN2O3S/c1-12(13-3-7-15(19)8-4-13)20-17(22)11-21(2)25(23,24)16-9-5-14(18)6-10-16/h3-10,12H,11H2,1-2H3,(H,20,22)/t12-/m1/s1. The molecule has 1 amide bonds. The number of nitrogens with one attached hydrogen (secondary N) is 1. The lowest BCUT2D eigenvalue weighted by atomic mass is 10.1. The second-order valence-electron chi connectivity index (χ2n) is 5.56. The number of likely N-dealkylation sites (N-methyl/N-ethyl adjacent to an activating group) is 1. The van der Waals surface area contributed by atoms with Crippen molar-refractivity contribution in [2.24, 2.45) is 0 Å². The summed E-state index contributed by atoms with van der Waals surface area (Å²) in [6, 6.07) is 13.1. The summed E-state index contributed by atoms with van der Waals surface area (Å²) in [4.78, 5) is 12.3. The number of nitrogens with zero attached hydrogens (tertiary/aromatic N) is 1. The van der Waals surface area contributed by atoms with Gasteiger partial charge in [0.15, 0.2) is 0 Å². The van der Waals surface area contributed by atoms with Gasteiger partial charge in [0.2, 0.25) is 15.9 Å². The van der Waals surface area contributed by atoms with Gasteiger partial charge in [-0.3, -0.25) is 4.79 Å². The van der Waals surface area contributed by atoms with Crippen molar-refractivity contribution in [1.29, 1.82) is 0 Å². The van der Waals surface area contributed by atoms with Crippen LogP contribution in [0.15, 0.2) is 57.9 Å². The summed E-state index contributed by atoms with van der Waals surface area (Å²) >= 11 is 9.11. The predicted octanol–water partition coefficient (Wildman–Crippen LogP) is 3.60. The third-order valence-electron chi connectivity index (χ3n) is 3.64. The fraction of sp³-hybridized carbons (Fsp3) is 0.235. The third-order valence-corrected chi connectivity index (χ3v) is 6.23. The Morgan fingerprint density at radius 1 is 1.16 bits per heavy atom. The van der Waals surface area contributed by atoms with Gasteiger partial charge in [-0.25, -0.2) is 8.42 Å². The van der Waals surface area contributed by atoms with E-state index in [0.29, 0.717) is 5.02 Å². The Kier molecular flexibility index (Phi) is 6.62. The molecule has 0 bridgehead atoms. The van der Waals surface area contributed by atoms with E-state index in [4.69, 9.17) is 11.6 Å². The lowest BCUT2D eigenvalue weighted by Gasteiger charge is -2.19. The maximum Gasteiger partial charge on any atom is 0.243 e. The van der Waals surface area contributed by atoms with Crippen LogP contribution < -0.4 is 5.32 Å². The summed E-state index contributed by atoms with van der Waals surface area (Å²) in [6.45, 7) is 1.56. The largest absolute Gasteiger partial charge is 0.348 e. The van der Waals surface area contributed by atoms with Gasteiger partial charge >= 0.3 is 0 Å². The molecule has 0 aliphatic rings. The first-order chi connectivity index (χ1) is 11.7. The van der Waals surface area contributed by atoms with E-state index in [1.807, 2.05) is 19.1 Å². The molecule has 8 heteroatoms. The Morgan fingerprint density at radius 3 is 2.28 bits per heavy atom. The molecule has 2 rings (SSSR count). The van der Waals surface area contributed by atoms with Gasteiger partial charge in [0.25, 0.3) is 0 Å². The van der Waals surface area contributed by atoms with E-state index >= 15 is 0 Å². The highest BCUT2D eigenvalue weighted by molar-refractivity contribution is 9.10. The molecule has 0 spiro atoms. The van der Waals surface area contributed by atoms with Gasteiger partial charge in [-0.1, -0.05) is 39.7 Å². The van der Waals surface area contributed by atoms with Gasteiger partial charge in [0.05, 0.1) is 17.5 Å². The second-order valence-corrected chi connectivity index (χ2v) is 8.95. The Hall–Kier alpha value is -1.41. The Morgan fingerprint density at radius 2 is 1.72 bits per heavy atom. The normalized spacial score (nSPS) is 12.8. The van der Waals surface area contributed by atoms with Crippen LogP contribution in [0.4, 0.5) is 0 Å². The molecule has 25 heavy (non-hydrogen) atoms. The zero-order valence-corrected chi connectivity index (χ0v) is 16.9. The summed E-state index contributed by atoms with van der Waals surface area (Å²) < 4.78 is 26.8. The molecule has 2 aromatic rings. The molecule has 134 valence electrons. The lowest BCUT2D eigenvalue weighted by Crippen LogP contribution is -2.39. The first-order valence-corrected chi connectivity index (χ1v) is 10.1. The molecule has 0 fully saturated rings. The van der Waals surface area contributed by atoms with Crippen molar-refractivity contribution < 1.29 is 13.2 Å². The molecule has 2 aromatic carbocycles. The monoisotopic (exact) mass is 444 g/mol.